The molecule has 1 saturated heterocycles. The Morgan fingerprint density at radius 1 is 1.26 bits per heavy atom. The maximum Gasteiger partial charge on any atom is 0.316 e. The first-order valence-electron chi connectivity index (χ1n) is 9.42. The first-order chi connectivity index (χ1) is 13.0. The van der Waals surface area contributed by atoms with Gasteiger partial charge in [0.2, 0.25) is 0 Å². The van der Waals surface area contributed by atoms with Crippen molar-refractivity contribution in [2.24, 2.45) is 5.92 Å². The summed E-state index contributed by atoms with van der Waals surface area (Å²) in [4.78, 5) is 25.7. The molecular weight excluding hydrogens is 380 g/mol. The third-order valence-electron chi connectivity index (χ3n) is 4.53. The highest BCUT2D eigenvalue weighted by molar-refractivity contribution is 8.23. The van der Waals surface area contributed by atoms with Gasteiger partial charge in [-0.3, -0.25) is 9.59 Å². The van der Waals surface area contributed by atoms with E-state index in [0.717, 1.165) is 49.0 Å². The maximum absolute atomic E-state index is 11.8. The molecule has 1 aromatic carbocycles. The molecule has 1 amide bonds. The number of thiocarbonyl (C=S) groups is 1. The lowest BCUT2D eigenvalue weighted by atomic mass is 10.00. The monoisotopic (exact) mass is 408 g/mol. The topological polar surface area (TPSA) is 58.6 Å². The van der Waals surface area contributed by atoms with E-state index in [-0.39, 0.29) is 18.3 Å². The fraction of sp³-hybridized carbons (Fsp3) is 0.550. The van der Waals surface area contributed by atoms with Crippen molar-refractivity contribution in [2.75, 3.05) is 32.0 Å². The van der Waals surface area contributed by atoms with Gasteiger partial charge in [-0.25, -0.2) is 0 Å². The second kappa shape index (κ2) is 12.0. The van der Waals surface area contributed by atoms with Gasteiger partial charge < -0.3 is 15.0 Å². The molecular formula is C20H28N2O3S2. The molecule has 1 N–H and O–H groups in total. The van der Waals surface area contributed by atoms with Crippen LogP contribution in [0.2, 0.25) is 0 Å². The van der Waals surface area contributed by atoms with E-state index in [4.69, 9.17) is 17.0 Å². The molecule has 1 aliphatic rings. The summed E-state index contributed by atoms with van der Waals surface area (Å²) in [6.07, 6.45) is 4.03. The molecule has 0 unspecified atom stereocenters. The number of nitrogens with zero attached hydrogens (tertiary/aromatic N) is 1. The number of carbonyl (C=O) groups is 2. The average molecular weight is 409 g/mol. The number of thioether (sulfide) groups is 1. The van der Waals surface area contributed by atoms with Crippen LogP contribution in [0.1, 0.15) is 31.7 Å². The summed E-state index contributed by atoms with van der Waals surface area (Å²) in [5, 5.41) is 2.77. The Bertz CT molecular complexity index is 617. The summed E-state index contributed by atoms with van der Waals surface area (Å²) in [6.45, 7) is 4.48. The van der Waals surface area contributed by atoms with Gasteiger partial charge in [0.05, 0.1) is 5.75 Å². The van der Waals surface area contributed by atoms with Crippen molar-refractivity contribution in [1.82, 2.24) is 10.2 Å². The van der Waals surface area contributed by atoms with E-state index in [1.807, 2.05) is 18.2 Å². The normalized spacial score (nSPS) is 14.6. The standard InChI is InChI=1S/C20H28N2O3S2/c1-16-9-12-22(13-10-16)20(26)27-15-19(24)25-14-18(23)21-11-5-8-17-6-3-2-4-7-17/h2-4,6-7,16H,5,8-15H2,1H3,(H,21,23). The molecule has 0 aliphatic carbocycles. The summed E-state index contributed by atoms with van der Waals surface area (Å²) >= 11 is 6.69. The predicted molar refractivity (Wildman–Crippen MR) is 114 cm³/mol. The second-order valence-corrected chi connectivity index (χ2v) is 8.43. The number of benzene rings is 1. The van der Waals surface area contributed by atoms with Crippen LogP contribution in [0, 0.1) is 5.92 Å². The van der Waals surface area contributed by atoms with Gasteiger partial charge in [0.15, 0.2) is 6.61 Å². The number of ether oxygens (including phenoxy) is 1. The van der Waals surface area contributed by atoms with Crippen molar-refractivity contribution >= 4 is 40.2 Å². The molecule has 0 radical (unpaired) electrons. The zero-order valence-electron chi connectivity index (χ0n) is 15.8. The Balaban J connectivity index is 1.51. The first-order valence-corrected chi connectivity index (χ1v) is 10.8. The molecule has 1 aromatic rings. The summed E-state index contributed by atoms with van der Waals surface area (Å²) in [7, 11) is 0. The Hall–Kier alpha value is -1.60. The number of likely N-dealkylation sites (tertiary alicyclic amines) is 1. The molecule has 1 aliphatic heterocycles. The van der Waals surface area contributed by atoms with Crippen LogP contribution in [0.4, 0.5) is 0 Å². The molecule has 0 aromatic heterocycles. The first kappa shape index (κ1) is 21.7. The molecule has 0 bridgehead atoms. The van der Waals surface area contributed by atoms with Crippen molar-refractivity contribution < 1.29 is 14.3 Å². The van der Waals surface area contributed by atoms with Crippen LogP contribution in [0.15, 0.2) is 30.3 Å². The quantitative estimate of drug-likeness (QED) is 0.405. The Labute approximate surface area is 171 Å². The SMILES string of the molecule is CC1CCN(C(=S)SCC(=O)OCC(=O)NCCCc2ccccc2)CC1. The summed E-state index contributed by atoms with van der Waals surface area (Å²) in [5.41, 5.74) is 1.24. The molecule has 1 fully saturated rings. The number of nitrogens with one attached hydrogen (secondary N) is 1. The van der Waals surface area contributed by atoms with E-state index in [0.29, 0.717) is 6.54 Å². The number of amides is 1. The van der Waals surface area contributed by atoms with E-state index in [9.17, 15) is 9.59 Å². The summed E-state index contributed by atoms with van der Waals surface area (Å²) in [5.74, 6) is 0.206. The predicted octanol–water partition coefficient (Wildman–Crippen LogP) is 3.03. The highest BCUT2D eigenvalue weighted by Crippen LogP contribution is 2.20. The van der Waals surface area contributed by atoms with Crippen molar-refractivity contribution in [3.63, 3.8) is 0 Å². The van der Waals surface area contributed by atoms with E-state index in [2.05, 4.69) is 29.3 Å². The van der Waals surface area contributed by atoms with Crippen LogP contribution >= 0.6 is 24.0 Å². The number of esters is 1. The van der Waals surface area contributed by atoms with Gasteiger partial charge in [-0.15, -0.1) is 0 Å². The van der Waals surface area contributed by atoms with E-state index < -0.39 is 5.97 Å². The molecule has 0 spiro atoms. The lowest BCUT2D eigenvalue weighted by Gasteiger charge is -2.31. The van der Waals surface area contributed by atoms with Crippen LogP contribution < -0.4 is 5.32 Å². The van der Waals surface area contributed by atoms with Crippen LogP contribution in [0.25, 0.3) is 0 Å². The number of hydrogen-bond acceptors (Lipinski definition) is 5. The molecule has 27 heavy (non-hydrogen) atoms. The third-order valence-corrected chi connectivity index (χ3v) is 6.02. The van der Waals surface area contributed by atoms with Crippen molar-refractivity contribution in [2.45, 2.75) is 32.6 Å². The van der Waals surface area contributed by atoms with E-state index in [1.54, 1.807) is 0 Å². The van der Waals surface area contributed by atoms with Gasteiger partial charge in [-0.05, 0) is 37.2 Å². The fourth-order valence-corrected chi connectivity index (χ4v) is 3.86. The number of rotatable bonds is 8. The van der Waals surface area contributed by atoms with Gasteiger partial charge in [-0.1, -0.05) is 61.2 Å². The zero-order chi connectivity index (χ0) is 19.5. The highest BCUT2D eigenvalue weighted by atomic mass is 32.2. The molecule has 148 valence electrons. The second-order valence-electron chi connectivity index (χ2n) is 6.82. The van der Waals surface area contributed by atoms with Gasteiger partial charge in [0.25, 0.3) is 5.91 Å². The fourth-order valence-electron chi connectivity index (χ4n) is 2.81. The van der Waals surface area contributed by atoms with Crippen molar-refractivity contribution in [1.29, 1.82) is 0 Å². The number of piperidine rings is 1. The Morgan fingerprint density at radius 3 is 2.67 bits per heavy atom. The smallest absolute Gasteiger partial charge is 0.316 e. The van der Waals surface area contributed by atoms with E-state index in [1.165, 1.54) is 17.3 Å². The maximum atomic E-state index is 11.8. The van der Waals surface area contributed by atoms with Crippen molar-refractivity contribution in [3.05, 3.63) is 35.9 Å². The average Bonchev–Trinajstić information content (AvgIpc) is 2.69. The molecule has 7 heteroatoms. The zero-order valence-corrected chi connectivity index (χ0v) is 17.4. The largest absolute Gasteiger partial charge is 0.455 e. The Kier molecular flexibility index (Phi) is 9.62. The lowest BCUT2D eigenvalue weighted by Crippen LogP contribution is -2.36. The van der Waals surface area contributed by atoms with Crippen molar-refractivity contribution in [3.8, 4) is 0 Å². The van der Waals surface area contributed by atoms with Gasteiger partial charge >= 0.3 is 5.97 Å². The molecule has 0 saturated carbocycles. The van der Waals surface area contributed by atoms with Crippen LogP contribution in [-0.2, 0) is 20.7 Å². The van der Waals surface area contributed by atoms with Crippen LogP contribution in [0.5, 0.6) is 0 Å². The molecule has 1 heterocycles. The molecule has 0 atom stereocenters. The minimum atomic E-state index is -0.410. The lowest BCUT2D eigenvalue weighted by molar-refractivity contribution is -0.145. The highest BCUT2D eigenvalue weighted by Gasteiger charge is 2.19. The van der Waals surface area contributed by atoms with Gasteiger partial charge in [0, 0.05) is 19.6 Å². The molecule has 5 nitrogen and oxygen atoms in total. The number of aryl methyl sites for hydroxylation is 1. The minimum Gasteiger partial charge on any atom is -0.455 e. The van der Waals surface area contributed by atoms with Crippen LogP contribution in [0.3, 0.4) is 0 Å². The van der Waals surface area contributed by atoms with Gasteiger partial charge in [-0.2, -0.15) is 0 Å². The Morgan fingerprint density at radius 2 is 1.96 bits per heavy atom. The minimum absolute atomic E-state index is 0.145. The summed E-state index contributed by atoms with van der Waals surface area (Å²) in [6, 6.07) is 10.1. The third kappa shape index (κ3) is 8.75. The summed E-state index contributed by atoms with van der Waals surface area (Å²) < 4.78 is 5.76. The number of hydrogen-bond donors (Lipinski definition) is 1. The molecule has 2 rings (SSSR count). The van der Waals surface area contributed by atoms with Gasteiger partial charge in [0.1, 0.15) is 4.32 Å². The van der Waals surface area contributed by atoms with E-state index >= 15 is 0 Å². The number of carbonyl (C=O) groups excluding carboxylic acids is 2. The van der Waals surface area contributed by atoms with Crippen LogP contribution in [-0.4, -0.2) is 53.1 Å².